The molecule has 1 aromatic rings. The van der Waals surface area contributed by atoms with Crippen molar-refractivity contribution < 1.29 is 9.53 Å². The molecule has 0 radical (unpaired) electrons. The Bertz CT molecular complexity index is 460. The van der Waals surface area contributed by atoms with Crippen LogP contribution in [0.1, 0.15) is 16.8 Å². The molecule has 1 saturated heterocycles. The average Bonchev–Trinajstić information content (AvgIpc) is 2.83. The van der Waals surface area contributed by atoms with Crippen molar-refractivity contribution in [2.45, 2.75) is 6.42 Å². The van der Waals surface area contributed by atoms with E-state index in [1.807, 2.05) is 0 Å². The van der Waals surface area contributed by atoms with E-state index in [1.165, 1.54) is 12.1 Å². The Balaban J connectivity index is 2.04. The normalized spacial score (nSPS) is 18.9. The van der Waals surface area contributed by atoms with Crippen molar-refractivity contribution in [3.8, 4) is 0 Å². The number of rotatable bonds is 3. The first-order chi connectivity index (χ1) is 8.58. The van der Waals surface area contributed by atoms with E-state index in [0.717, 1.165) is 13.0 Å². The number of ether oxygens (including phenoxy) is 1. The van der Waals surface area contributed by atoms with Crippen molar-refractivity contribution in [3.63, 3.8) is 0 Å². The summed E-state index contributed by atoms with van der Waals surface area (Å²) in [7, 11) is 0. The zero-order chi connectivity index (χ0) is 13.1. The molecule has 6 heteroatoms. The minimum absolute atomic E-state index is 0.228. The van der Waals surface area contributed by atoms with Gasteiger partial charge in [-0.25, -0.2) is 0 Å². The molecule has 0 saturated carbocycles. The van der Waals surface area contributed by atoms with Crippen LogP contribution in [0.3, 0.4) is 0 Å². The molecule has 1 amide bonds. The van der Waals surface area contributed by atoms with Crippen molar-refractivity contribution in [2.24, 2.45) is 5.92 Å². The maximum atomic E-state index is 12.0. The van der Waals surface area contributed by atoms with Crippen LogP contribution in [-0.4, -0.2) is 25.7 Å². The van der Waals surface area contributed by atoms with Gasteiger partial charge in [0.2, 0.25) is 0 Å². The lowest BCUT2D eigenvalue weighted by atomic mass is 10.1. The molecule has 98 valence electrons. The van der Waals surface area contributed by atoms with Gasteiger partial charge in [0.05, 0.1) is 22.2 Å². The van der Waals surface area contributed by atoms with E-state index in [0.29, 0.717) is 30.3 Å². The Morgan fingerprint density at radius 2 is 2.28 bits per heavy atom. The topological polar surface area (TPSA) is 64.4 Å². The molecule has 1 aliphatic rings. The van der Waals surface area contributed by atoms with Gasteiger partial charge in [-0.1, -0.05) is 23.2 Å². The van der Waals surface area contributed by atoms with Crippen molar-refractivity contribution >= 4 is 34.8 Å². The van der Waals surface area contributed by atoms with Crippen LogP contribution < -0.4 is 11.1 Å². The van der Waals surface area contributed by atoms with Crippen LogP contribution in [0.25, 0.3) is 0 Å². The Labute approximate surface area is 115 Å². The number of nitrogens with two attached hydrogens (primary N) is 1. The zero-order valence-corrected chi connectivity index (χ0v) is 11.2. The highest BCUT2D eigenvalue weighted by molar-refractivity contribution is 6.44. The lowest BCUT2D eigenvalue weighted by Gasteiger charge is -2.11. The highest BCUT2D eigenvalue weighted by Gasteiger charge is 2.18. The van der Waals surface area contributed by atoms with Crippen molar-refractivity contribution in [3.05, 3.63) is 27.7 Å². The molecular formula is C12H14Cl2N2O2. The van der Waals surface area contributed by atoms with Gasteiger partial charge < -0.3 is 15.8 Å². The molecule has 0 spiro atoms. The number of hydrogen-bond donors (Lipinski definition) is 2. The van der Waals surface area contributed by atoms with E-state index in [-0.39, 0.29) is 16.0 Å². The Kier molecular flexibility index (Phi) is 4.32. The maximum Gasteiger partial charge on any atom is 0.252 e. The molecule has 0 aromatic heterocycles. The highest BCUT2D eigenvalue weighted by atomic mass is 35.5. The van der Waals surface area contributed by atoms with Gasteiger partial charge in [0, 0.05) is 24.8 Å². The summed E-state index contributed by atoms with van der Waals surface area (Å²) in [6, 6.07) is 3.04. The first-order valence-electron chi connectivity index (χ1n) is 5.68. The summed E-state index contributed by atoms with van der Waals surface area (Å²) in [6.45, 7) is 2.01. The molecule has 18 heavy (non-hydrogen) atoms. The lowest BCUT2D eigenvalue weighted by molar-refractivity contribution is 0.0945. The van der Waals surface area contributed by atoms with E-state index >= 15 is 0 Å². The van der Waals surface area contributed by atoms with Gasteiger partial charge in [0.15, 0.2) is 0 Å². The third-order valence-electron chi connectivity index (χ3n) is 2.87. The second-order valence-corrected chi connectivity index (χ2v) is 5.09. The van der Waals surface area contributed by atoms with Crippen LogP contribution in [0.2, 0.25) is 10.0 Å². The number of hydrogen-bond acceptors (Lipinski definition) is 3. The molecule has 0 aliphatic carbocycles. The molecule has 1 atom stereocenters. The van der Waals surface area contributed by atoms with Crippen LogP contribution in [-0.2, 0) is 4.74 Å². The average molecular weight is 289 g/mol. The number of nitrogen functional groups attached to an aromatic ring is 1. The van der Waals surface area contributed by atoms with Gasteiger partial charge in [0.25, 0.3) is 5.91 Å². The number of anilines is 1. The monoisotopic (exact) mass is 288 g/mol. The first kappa shape index (κ1) is 13.5. The van der Waals surface area contributed by atoms with Crippen LogP contribution in [0.5, 0.6) is 0 Å². The van der Waals surface area contributed by atoms with E-state index in [4.69, 9.17) is 33.7 Å². The van der Waals surface area contributed by atoms with Crippen LogP contribution in [0, 0.1) is 5.92 Å². The molecular weight excluding hydrogens is 275 g/mol. The van der Waals surface area contributed by atoms with Gasteiger partial charge in [-0.15, -0.1) is 0 Å². The van der Waals surface area contributed by atoms with Crippen LogP contribution >= 0.6 is 23.2 Å². The molecule has 1 aromatic carbocycles. The fraction of sp³-hybridized carbons (Fsp3) is 0.417. The number of nitrogens with one attached hydrogen (secondary N) is 1. The minimum atomic E-state index is -0.263. The third-order valence-corrected chi connectivity index (χ3v) is 3.67. The van der Waals surface area contributed by atoms with E-state index < -0.39 is 0 Å². The van der Waals surface area contributed by atoms with Crippen molar-refractivity contribution in [1.29, 1.82) is 0 Å². The Morgan fingerprint density at radius 3 is 2.94 bits per heavy atom. The van der Waals surface area contributed by atoms with E-state index in [9.17, 15) is 4.79 Å². The lowest BCUT2D eigenvalue weighted by Crippen LogP contribution is -2.29. The summed E-state index contributed by atoms with van der Waals surface area (Å²) in [4.78, 5) is 12.0. The van der Waals surface area contributed by atoms with E-state index in [2.05, 4.69) is 5.32 Å². The van der Waals surface area contributed by atoms with Crippen molar-refractivity contribution in [1.82, 2.24) is 5.32 Å². The summed E-state index contributed by atoms with van der Waals surface area (Å²) in [6.07, 6.45) is 0.964. The van der Waals surface area contributed by atoms with Gasteiger partial charge in [-0.2, -0.15) is 0 Å². The fourth-order valence-electron chi connectivity index (χ4n) is 1.85. The van der Waals surface area contributed by atoms with Crippen LogP contribution in [0.4, 0.5) is 5.69 Å². The fourth-order valence-corrected chi connectivity index (χ4v) is 2.27. The molecule has 4 nitrogen and oxygen atoms in total. The molecule has 1 unspecified atom stereocenters. The summed E-state index contributed by atoms with van der Waals surface area (Å²) >= 11 is 11.9. The summed E-state index contributed by atoms with van der Waals surface area (Å²) in [5, 5.41) is 3.33. The number of carbonyl (C=O) groups is 1. The van der Waals surface area contributed by atoms with Gasteiger partial charge in [-0.05, 0) is 18.6 Å². The molecule has 2 rings (SSSR count). The van der Waals surface area contributed by atoms with E-state index in [1.54, 1.807) is 0 Å². The molecule has 1 heterocycles. The number of amides is 1. The van der Waals surface area contributed by atoms with Crippen molar-refractivity contribution in [2.75, 3.05) is 25.5 Å². The smallest absolute Gasteiger partial charge is 0.252 e. The number of carbonyl (C=O) groups excluding carboxylic acids is 1. The molecule has 0 bridgehead atoms. The second-order valence-electron chi connectivity index (χ2n) is 4.30. The second kappa shape index (κ2) is 5.78. The Hall–Kier alpha value is -0.970. The number of benzene rings is 1. The van der Waals surface area contributed by atoms with Gasteiger partial charge in [0.1, 0.15) is 0 Å². The summed E-state index contributed by atoms with van der Waals surface area (Å²) < 4.78 is 5.24. The molecule has 1 fully saturated rings. The first-order valence-corrected chi connectivity index (χ1v) is 6.44. The Morgan fingerprint density at radius 1 is 1.50 bits per heavy atom. The largest absolute Gasteiger partial charge is 0.399 e. The maximum absolute atomic E-state index is 12.0. The van der Waals surface area contributed by atoms with Crippen LogP contribution in [0.15, 0.2) is 12.1 Å². The predicted octanol–water partition coefficient (Wildman–Crippen LogP) is 2.34. The third kappa shape index (κ3) is 3.07. The summed E-state index contributed by atoms with van der Waals surface area (Å²) in [5.74, 6) is 0.102. The zero-order valence-electron chi connectivity index (χ0n) is 9.71. The highest BCUT2D eigenvalue weighted by Crippen LogP contribution is 2.28. The standard InChI is InChI=1S/C12H14Cl2N2O2/c13-10-4-8(15)3-9(11(10)14)12(17)16-5-7-1-2-18-6-7/h3-4,7H,1-2,5-6,15H2,(H,16,17). The predicted molar refractivity (Wildman–Crippen MR) is 72.1 cm³/mol. The SMILES string of the molecule is Nc1cc(Cl)c(Cl)c(C(=O)NCC2CCOC2)c1. The molecule has 1 aliphatic heterocycles. The quantitative estimate of drug-likeness (QED) is 0.839. The van der Waals surface area contributed by atoms with Gasteiger partial charge in [-0.3, -0.25) is 4.79 Å². The molecule has 3 N–H and O–H groups in total. The number of halogens is 2. The summed E-state index contributed by atoms with van der Waals surface area (Å²) in [5.41, 5.74) is 6.36. The minimum Gasteiger partial charge on any atom is -0.399 e. The van der Waals surface area contributed by atoms with Gasteiger partial charge >= 0.3 is 0 Å².